The van der Waals surface area contributed by atoms with Gasteiger partial charge in [-0.1, -0.05) is 61.2 Å². The predicted molar refractivity (Wildman–Crippen MR) is 245 cm³/mol. The number of hydrogen-bond acceptors (Lipinski definition) is 10. The van der Waals surface area contributed by atoms with Crippen molar-refractivity contribution in [2.75, 3.05) is 14.2 Å². The van der Waals surface area contributed by atoms with E-state index in [1.165, 1.54) is 14.2 Å². The predicted octanol–water partition coefficient (Wildman–Crippen LogP) is 9.56. The van der Waals surface area contributed by atoms with Gasteiger partial charge in [-0.05, 0) is 122 Å². The molecule has 4 aliphatic rings. The smallest absolute Gasteiger partial charge is 0.334 e. The lowest BCUT2D eigenvalue weighted by Gasteiger charge is -2.36. The van der Waals surface area contributed by atoms with Crippen LogP contribution >= 0.6 is 0 Å². The number of allylic oxidation sites excluding steroid dienone is 8. The van der Waals surface area contributed by atoms with Crippen LogP contribution in [0.1, 0.15) is 85.3 Å². The lowest BCUT2D eigenvalue weighted by Crippen LogP contribution is -2.42. The van der Waals surface area contributed by atoms with Crippen molar-refractivity contribution >= 4 is 62.8 Å². The summed E-state index contributed by atoms with van der Waals surface area (Å²) in [4.78, 5) is 71.2. The van der Waals surface area contributed by atoms with Crippen molar-refractivity contribution in [3.8, 4) is 11.5 Å². The van der Waals surface area contributed by atoms with Crippen LogP contribution in [0.2, 0.25) is 0 Å². The van der Waals surface area contributed by atoms with Crippen LogP contribution in [-0.4, -0.2) is 58.0 Å². The summed E-state index contributed by atoms with van der Waals surface area (Å²) in [7, 11) is 2.57. The third-order valence-electron chi connectivity index (χ3n) is 12.4. The van der Waals surface area contributed by atoms with Gasteiger partial charge in [0.2, 0.25) is 0 Å². The first-order valence-corrected chi connectivity index (χ1v) is 21.0. The third-order valence-corrected chi connectivity index (χ3v) is 12.4. The van der Waals surface area contributed by atoms with Crippen molar-refractivity contribution in [3.63, 3.8) is 0 Å². The summed E-state index contributed by atoms with van der Waals surface area (Å²) in [6.45, 7) is 12.0. The first-order valence-electron chi connectivity index (χ1n) is 21.0. The van der Waals surface area contributed by atoms with Crippen molar-refractivity contribution in [2.45, 2.75) is 58.8 Å². The highest BCUT2D eigenvalue weighted by atomic mass is 16.5. The lowest BCUT2D eigenvalue weighted by molar-refractivity contribution is -0.149. The van der Waals surface area contributed by atoms with Crippen molar-refractivity contribution in [1.29, 1.82) is 0 Å². The molecule has 0 saturated heterocycles. The van der Waals surface area contributed by atoms with Crippen molar-refractivity contribution < 1.29 is 38.1 Å². The Morgan fingerprint density at radius 2 is 1.33 bits per heavy atom. The second-order valence-corrected chi connectivity index (χ2v) is 16.1. The van der Waals surface area contributed by atoms with E-state index < -0.39 is 29.2 Å². The fourth-order valence-electron chi connectivity index (χ4n) is 8.93. The van der Waals surface area contributed by atoms with Gasteiger partial charge in [0, 0.05) is 28.0 Å². The fourth-order valence-corrected chi connectivity index (χ4v) is 8.93. The standard InChI is InChI=1S/C52H48N4O8/c1-8-34-29(2)39-25-40-30(3)35(20-23-47(57)63-32-15-11-9-12-16-32)42(53-40)27-43-36(21-24-48(58)64-33-17-13-10-14-18-33)31(4)41(54-43)26-45-38-22-19-37(50(59)61-6)49(51(60)62-7)52(38,5)46(56-45)28-44(34)55-39/h8-19,22,25-28,49,53,56H,1,20-21,23-24H2,2-7H3/t49-,52+/m0/s1. The van der Waals surface area contributed by atoms with Gasteiger partial charge >= 0.3 is 23.9 Å². The van der Waals surface area contributed by atoms with Gasteiger partial charge in [-0.15, -0.1) is 0 Å². The summed E-state index contributed by atoms with van der Waals surface area (Å²) < 4.78 is 21.9. The Morgan fingerprint density at radius 1 is 0.719 bits per heavy atom. The van der Waals surface area contributed by atoms with E-state index in [9.17, 15) is 19.2 Å². The zero-order valence-corrected chi connectivity index (χ0v) is 36.6. The number of ether oxygens (including phenoxy) is 4. The quantitative estimate of drug-likeness (QED) is 0.110. The number of aromatic amines is 2. The number of aryl methyl sites for hydroxylation is 2. The van der Waals surface area contributed by atoms with E-state index >= 15 is 0 Å². The molecule has 2 atom stereocenters. The minimum atomic E-state index is -1.15. The van der Waals surface area contributed by atoms with E-state index in [0.717, 1.165) is 50.0 Å². The Morgan fingerprint density at radius 3 is 1.95 bits per heavy atom. The summed E-state index contributed by atoms with van der Waals surface area (Å²) in [6, 6.07) is 25.7. The molecule has 0 spiro atoms. The van der Waals surface area contributed by atoms with E-state index in [4.69, 9.17) is 28.9 Å². The molecule has 2 aromatic carbocycles. The molecule has 8 bridgehead atoms. The Kier molecular flexibility index (Phi) is 11.9. The van der Waals surface area contributed by atoms with Crippen LogP contribution in [0.25, 0.3) is 38.9 Å². The maximum absolute atomic E-state index is 13.9. The lowest BCUT2D eigenvalue weighted by atomic mass is 9.64. The summed E-state index contributed by atoms with van der Waals surface area (Å²) >= 11 is 0. The molecule has 324 valence electrons. The van der Waals surface area contributed by atoms with Crippen LogP contribution in [0.3, 0.4) is 0 Å². The van der Waals surface area contributed by atoms with Gasteiger partial charge in [0.15, 0.2) is 0 Å². The van der Waals surface area contributed by atoms with Gasteiger partial charge in [0.05, 0.1) is 60.8 Å². The van der Waals surface area contributed by atoms with Crippen molar-refractivity contribution in [3.05, 3.63) is 161 Å². The first kappa shape index (κ1) is 43.1. The molecular weight excluding hydrogens is 809 g/mol. The van der Waals surface area contributed by atoms with Gasteiger partial charge in [-0.2, -0.15) is 0 Å². The van der Waals surface area contributed by atoms with Crippen molar-refractivity contribution in [2.24, 2.45) is 5.92 Å². The molecule has 12 nitrogen and oxygen atoms in total. The minimum absolute atomic E-state index is 0.0746. The fraction of sp³-hybridized carbons (Fsp3) is 0.231. The molecule has 0 fully saturated rings. The molecule has 0 radical (unpaired) electrons. The summed E-state index contributed by atoms with van der Waals surface area (Å²) in [5, 5.41) is 0. The van der Waals surface area contributed by atoms with Gasteiger partial charge in [-0.3, -0.25) is 14.4 Å². The Balaban J connectivity index is 1.35. The van der Waals surface area contributed by atoms with Gasteiger partial charge in [0.25, 0.3) is 0 Å². The Labute approximate surface area is 370 Å². The molecule has 0 amide bonds. The highest BCUT2D eigenvalue weighted by molar-refractivity contribution is 6.02. The number of nitrogens with one attached hydrogen (secondary N) is 2. The van der Waals surface area contributed by atoms with Gasteiger partial charge < -0.3 is 28.9 Å². The molecule has 1 aliphatic carbocycles. The number of H-pyrrole nitrogens is 2. The van der Waals surface area contributed by atoms with Crippen LogP contribution < -0.4 is 9.47 Å². The zero-order valence-electron chi connectivity index (χ0n) is 36.6. The number of fused-ring (bicyclic) bond motifs is 11. The minimum Gasteiger partial charge on any atom is -0.469 e. The third kappa shape index (κ3) is 7.98. The molecule has 64 heavy (non-hydrogen) atoms. The number of carbonyl (C=O) groups excluding carboxylic acids is 4. The molecule has 0 saturated carbocycles. The molecule has 4 aromatic rings. The van der Waals surface area contributed by atoms with E-state index in [0.29, 0.717) is 58.5 Å². The van der Waals surface area contributed by atoms with Crippen LogP contribution in [0.4, 0.5) is 0 Å². The van der Waals surface area contributed by atoms with E-state index in [-0.39, 0.29) is 24.4 Å². The molecule has 2 aromatic heterocycles. The normalized spacial score (nSPS) is 17.1. The molecule has 3 aliphatic heterocycles. The molecule has 12 heteroatoms. The summed E-state index contributed by atoms with van der Waals surface area (Å²) in [5.74, 6) is -2.18. The SMILES string of the molecule is C=CC1=C(C)c2cc3[nH]c(cc4nc(cc5[nH]c(cc1n2)[C@@]1(C)C5=CC=C(C(=O)OC)[C@H]1C(=O)OC)C(C)=C4CCC(=O)Oc1ccccc1)c(CCC(=O)Oc1ccccc1)c3C. The maximum atomic E-state index is 13.9. The largest absolute Gasteiger partial charge is 0.469 e. The monoisotopic (exact) mass is 856 g/mol. The highest BCUT2D eigenvalue weighted by Gasteiger charge is 2.53. The molecular formula is C52H48N4O8. The second-order valence-electron chi connectivity index (χ2n) is 16.1. The van der Waals surface area contributed by atoms with Crippen LogP contribution in [0, 0.1) is 12.8 Å². The first-order chi connectivity index (χ1) is 30.8. The second kappa shape index (κ2) is 17.6. The Bertz CT molecular complexity index is 2950. The number of rotatable bonds is 11. The number of carbonyl (C=O) groups is 4. The summed E-state index contributed by atoms with van der Waals surface area (Å²) in [6.07, 6.45) is 6.05. The summed E-state index contributed by atoms with van der Waals surface area (Å²) in [5.41, 5.74) is 10.1. The van der Waals surface area contributed by atoms with Gasteiger partial charge in [-0.25, -0.2) is 14.8 Å². The number of hydrogen-bond donors (Lipinski definition) is 2. The van der Waals surface area contributed by atoms with E-state index in [1.807, 2.05) is 82.3 Å². The van der Waals surface area contributed by atoms with E-state index in [2.05, 4.69) is 16.5 Å². The van der Waals surface area contributed by atoms with Crippen LogP contribution in [-0.2, 0) is 40.5 Å². The maximum Gasteiger partial charge on any atom is 0.334 e. The molecule has 5 heterocycles. The molecule has 2 N–H and O–H groups in total. The topological polar surface area (TPSA) is 163 Å². The van der Waals surface area contributed by atoms with Crippen molar-refractivity contribution in [1.82, 2.24) is 19.9 Å². The van der Waals surface area contributed by atoms with Crippen LogP contribution in [0.15, 0.2) is 115 Å². The van der Waals surface area contributed by atoms with Gasteiger partial charge in [0.1, 0.15) is 17.4 Å². The molecule has 8 rings (SSSR count). The average molecular weight is 857 g/mol. The number of methoxy groups -OCH3 is 2. The average Bonchev–Trinajstić information content (AvgIpc) is 3.95. The molecule has 0 unspecified atom stereocenters. The number of aromatic nitrogens is 4. The Hall–Kier alpha value is -7.60. The highest BCUT2D eigenvalue weighted by Crippen LogP contribution is 2.53. The number of benzene rings is 2. The number of esters is 4. The van der Waals surface area contributed by atoms with Crippen LogP contribution in [0.5, 0.6) is 11.5 Å². The zero-order chi connectivity index (χ0) is 45.3. The number of para-hydroxylation sites is 2. The van der Waals surface area contributed by atoms with E-state index in [1.54, 1.807) is 48.6 Å². The number of nitrogens with zero attached hydrogens (tertiary/aromatic N) is 2.